The lowest BCUT2D eigenvalue weighted by molar-refractivity contribution is 0.404. The fourth-order valence-electron chi connectivity index (χ4n) is 2.28. The Kier molecular flexibility index (Phi) is 5.79. The molecule has 0 aliphatic rings. The molecular weight excluding hydrogens is 401 g/mol. The van der Waals surface area contributed by atoms with Gasteiger partial charge in [-0.05, 0) is 48.5 Å². The van der Waals surface area contributed by atoms with Crippen LogP contribution < -0.4 is 10.1 Å². The molecule has 0 amide bonds. The van der Waals surface area contributed by atoms with E-state index in [1.54, 1.807) is 13.2 Å². The SMILES string of the molecule is CCNC(c1cc(F)cc(Br)c1)c1cc(Br)ccc1OC. The van der Waals surface area contributed by atoms with Crippen molar-refractivity contribution in [3.8, 4) is 5.75 Å². The van der Waals surface area contributed by atoms with Gasteiger partial charge in [0.25, 0.3) is 0 Å². The minimum atomic E-state index is -0.267. The zero-order valence-corrected chi connectivity index (χ0v) is 15.0. The zero-order valence-electron chi connectivity index (χ0n) is 11.8. The van der Waals surface area contributed by atoms with Gasteiger partial charge in [0.1, 0.15) is 11.6 Å². The first-order valence-electron chi connectivity index (χ1n) is 6.58. The van der Waals surface area contributed by atoms with Crippen LogP contribution in [0.15, 0.2) is 45.3 Å². The van der Waals surface area contributed by atoms with E-state index in [0.29, 0.717) is 0 Å². The Hall–Kier alpha value is -0.910. The van der Waals surface area contributed by atoms with Crippen LogP contribution in [0.5, 0.6) is 5.75 Å². The van der Waals surface area contributed by atoms with Gasteiger partial charge in [-0.3, -0.25) is 0 Å². The Labute approximate surface area is 141 Å². The van der Waals surface area contributed by atoms with Crippen molar-refractivity contribution >= 4 is 31.9 Å². The highest BCUT2D eigenvalue weighted by Crippen LogP contribution is 2.33. The summed E-state index contributed by atoms with van der Waals surface area (Å²) in [4.78, 5) is 0. The van der Waals surface area contributed by atoms with E-state index in [4.69, 9.17) is 4.74 Å². The van der Waals surface area contributed by atoms with Crippen LogP contribution in [-0.4, -0.2) is 13.7 Å². The molecule has 2 nitrogen and oxygen atoms in total. The molecule has 0 aliphatic heterocycles. The van der Waals surface area contributed by atoms with Crippen LogP contribution in [0.1, 0.15) is 24.1 Å². The summed E-state index contributed by atoms with van der Waals surface area (Å²) >= 11 is 6.83. The largest absolute Gasteiger partial charge is 0.496 e. The summed E-state index contributed by atoms with van der Waals surface area (Å²) in [5.74, 6) is 0.501. The van der Waals surface area contributed by atoms with E-state index in [0.717, 1.165) is 32.4 Å². The molecule has 0 saturated heterocycles. The van der Waals surface area contributed by atoms with Gasteiger partial charge >= 0.3 is 0 Å². The van der Waals surface area contributed by atoms with E-state index in [1.165, 1.54) is 6.07 Å². The molecule has 0 aliphatic carbocycles. The first-order valence-corrected chi connectivity index (χ1v) is 8.16. The molecule has 0 spiro atoms. The van der Waals surface area contributed by atoms with Crippen LogP contribution >= 0.6 is 31.9 Å². The Morgan fingerprint density at radius 1 is 1.14 bits per heavy atom. The Balaban J connectivity index is 2.55. The number of ether oxygens (including phenoxy) is 1. The molecule has 0 aromatic heterocycles. The average Bonchev–Trinajstić information content (AvgIpc) is 2.43. The van der Waals surface area contributed by atoms with Crippen molar-refractivity contribution in [3.63, 3.8) is 0 Å². The van der Waals surface area contributed by atoms with Crippen molar-refractivity contribution in [3.05, 3.63) is 62.3 Å². The maximum Gasteiger partial charge on any atom is 0.124 e. The highest BCUT2D eigenvalue weighted by atomic mass is 79.9. The molecule has 0 heterocycles. The lowest BCUT2D eigenvalue weighted by atomic mass is 9.97. The van der Waals surface area contributed by atoms with Crippen LogP contribution in [0.25, 0.3) is 0 Å². The van der Waals surface area contributed by atoms with Crippen LogP contribution in [0.4, 0.5) is 4.39 Å². The van der Waals surface area contributed by atoms with Gasteiger partial charge in [-0.25, -0.2) is 4.39 Å². The van der Waals surface area contributed by atoms with Crippen LogP contribution in [0, 0.1) is 5.82 Å². The van der Waals surface area contributed by atoms with E-state index in [9.17, 15) is 4.39 Å². The van der Waals surface area contributed by atoms with E-state index in [1.807, 2.05) is 31.2 Å². The van der Waals surface area contributed by atoms with Crippen molar-refractivity contribution in [2.24, 2.45) is 0 Å². The summed E-state index contributed by atoms with van der Waals surface area (Å²) < 4.78 is 20.8. The quantitative estimate of drug-likeness (QED) is 0.735. The monoisotopic (exact) mass is 415 g/mol. The number of methoxy groups -OCH3 is 1. The predicted octanol–water partition coefficient (Wildman–Crippen LogP) is 5.06. The normalized spacial score (nSPS) is 12.2. The van der Waals surface area contributed by atoms with Gasteiger partial charge in [0.05, 0.1) is 13.2 Å². The van der Waals surface area contributed by atoms with Crippen molar-refractivity contribution in [1.29, 1.82) is 0 Å². The molecule has 5 heteroatoms. The van der Waals surface area contributed by atoms with Crippen LogP contribution in [-0.2, 0) is 0 Å². The minimum absolute atomic E-state index is 0.144. The molecule has 1 N–H and O–H groups in total. The fraction of sp³-hybridized carbons (Fsp3) is 0.250. The van der Waals surface area contributed by atoms with Crippen molar-refractivity contribution in [2.75, 3.05) is 13.7 Å². The topological polar surface area (TPSA) is 21.3 Å². The average molecular weight is 417 g/mol. The third-order valence-electron chi connectivity index (χ3n) is 3.13. The van der Waals surface area contributed by atoms with Gasteiger partial charge in [-0.15, -0.1) is 0 Å². The second-order valence-corrected chi connectivity index (χ2v) is 6.41. The Morgan fingerprint density at radius 3 is 2.52 bits per heavy atom. The lowest BCUT2D eigenvalue weighted by Crippen LogP contribution is -2.22. The summed E-state index contributed by atoms with van der Waals surface area (Å²) in [5, 5.41) is 3.38. The number of rotatable bonds is 5. The highest BCUT2D eigenvalue weighted by molar-refractivity contribution is 9.10. The molecule has 0 bridgehead atoms. The molecule has 2 rings (SSSR count). The summed E-state index contributed by atoms with van der Waals surface area (Å²) in [6.07, 6.45) is 0. The van der Waals surface area contributed by atoms with Gasteiger partial charge in [0.15, 0.2) is 0 Å². The lowest BCUT2D eigenvalue weighted by Gasteiger charge is -2.22. The summed E-state index contributed by atoms with van der Waals surface area (Å²) in [6, 6.07) is 10.6. The number of hydrogen-bond acceptors (Lipinski definition) is 2. The molecule has 0 saturated carbocycles. The third-order valence-corrected chi connectivity index (χ3v) is 4.08. The van der Waals surface area contributed by atoms with Crippen molar-refractivity contribution < 1.29 is 9.13 Å². The number of benzene rings is 2. The zero-order chi connectivity index (χ0) is 15.4. The number of hydrogen-bond donors (Lipinski definition) is 1. The van der Waals surface area contributed by atoms with Crippen LogP contribution in [0.2, 0.25) is 0 Å². The van der Waals surface area contributed by atoms with Crippen molar-refractivity contribution in [1.82, 2.24) is 5.32 Å². The second kappa shape index (κ2) is 7.38. The molecule has 1 atom stereocenters. The smallest absolute Gasteiger partial charge is 0.124 e. The molecule has 1 unspecified atom stereocenters. The minimum Gasteiger partial charge on any atom is -0.496 e. The third kappa shape index (κ3) is 4.05. The second-order valence-electron chi connectivity index (χ2n) is 4.58. The summed E-state index contributed by atoms with van der Waals surface area (Å²) in [6.45, 7) is 2.78. The van der Waals surface area contributed by atoms with Crippen molar-refractivity contribution in [2.45, 2.75) is 13.0 Å². The molecule has 2 aromatic rings. The maximum atomic E-state index is 13.7. The van der Waals surface area contributed by atoms with Gasteiger partial charge in [0.2, 0.25) is 0 Å². The van der Waals surface area contributed by atoms with E-state index in [2.05, 4.69) is 37.2 Å². The first-order chi connectivity index (χ1) is 10.0. The van der Waals surface area contributed by atoms with Gasteiger partial charge < -0.3 is 10.1 Å². The highest BCUT2D eigenvalue weighted by Gasteiger charge is 2.19. The van der Waals surface area contributed by atoms with Crippen LogP contribution in [0.3, 0.4) is 0 Å². The Morgan fingerprint density at radius 2 is 1.90 bits per heavy atom. The molecule has 2 aromatic carbocycles. The summed E-state index contributed by atoms with van der Waals surface area (Å²) in [5.41, 5.74) is 1.81. The van der Waals surface area contributed by atoms with E-state index < -0.39 is 0 Å². The Bertz CT molecular complexity index is 613. The first kappa shape index (κ1) is 16.5. The number of halogens is 3. The molecule has 0 radical (unpaired) electrons. The standard InChI is InChI=1S/C16H16Br2FNO/c1-3-20-16(10-6-12(18)8-13(19)7-10)14-9-11(17)4-5-15(14)21-2/h4-9,16,20H,3H2,1-2H3. The molecule has 0 fully saturated rings. The maximum absolute atomic E-state index is 13.7. The van der Waals surface area contributed by atoms with E-state index in [-0.39, 0.29) is 11.9 Å². The number of nitrogens with one attached hydrogen (secondary N) is 1. The molecular formula is C16H16Br2FNO. The predicted molar refractivity (Wildman–Crippen MR) is 90.3 cm³/mol. The van der Waals surface area contributed by atoms with E-state index >= 15 is 0 Å². The fourth-order valence-corrected chi connectivity index (χ4v) is 3.15. The summed E-state index contributed by atoms with van der Waals surface area (Å²) in [7, 11) is 1.64. The molecule has 112 valence electrons. The van der Waals surface area contributed by atoms with Gasteiger partial charge in [-0.1, -0.05) is 38.8 Å². The molecule has 21 heavy (non-hydrogen) atoms. The van der Waals surface area contributed by atoms with Gasteiger partial charge in [-0.2, -0.15) is 0 Å². The van der Waals surface area contributed by atoms with Gasteiger partial charge in [0, 0.05) is 14.5 Å².